The number of aromatic nitrogens is 1. The second-order valence-corrected chi connectivity index (χ2v) is 8.25. The van der Waals surface area contributed by atoms with Crippen molar-refractivity contribution in [3.63, 3.8) is 0 Å². The number of benzene rings is 1. The Kier molecular flexibility index (Phi) is 6.37. The Morgan fingerprint density at radius 3 is 2.97 bits per heavy atom. The van der Waals surface area contributed by atoms with Gasteiger partial charge in [0.1, 0.15) is 17.2 Å². The second kappa shape index (κ2) is 9.36. The summed E-state index contributed by atoms with van der Waals surface area (Å²) in [7, 11) is 1.75. The number of para-hydroxylation sites is 1. The van der Waals surface area contributed by atoms with E-state index in [1.165, 1.54) is 6.08 Å². The van der Waals surface area contributed by atoms with E-state index in [4.69, 9.17) is 10.2 Å². The summed E-state index contributed by atoms with van der Waals surface area (Å²) in [6.07, 6.45) is 7.10. The fourth-order valence-electron chi connectivity index (χ4n) is 4.04. The molecule has 1 unspecified atom stereocenters. The molecule has 4 rings (SSSR count). The molecule has 7 nitrogen and oxygen atoms in total. The van der Waals surface area contributed by atoms with E-state index in [0.717, 1.165) is 46.3 Å². The highest BCUT2D eigenvalue weighted by atomic mass is 16.3. The summed E-state index contributed by atoms with van der Waals surface area (Å²) in [5.74, 6) is 1.13. The number of rotatable bonds is 6. The number of carbonyl (C=O) groups is 2. The number of nitrogens with zero attached hydrogens (tertiary/aromatic N) is 2. The van der Waals surface area contributed by atoms with E-state index in [9.17, 15) is 9.59 Å². The van der Waals surface area contributed by atoms with Crippen LogP contribution in [-0.2, 0) is 22.6 Å². The number of pyridine rings is 1. The molecule has 1 aromatic carbocycles. The van der Waals surface area contributed by atoms with Crippen LogP contribution >= 0.6 is 0 Å². The van der Waals surface area contributed by atoms with Crippen LogP contribution in [0.25, 0.3) is 17.0 Å². The summed E-state index contributed by atoms with van der Waals surface area (Å²) < 4.78 is 5.92. The normalized spacial score (nSPS) is 16.1. The molecular formula is C25H28N4O3. The van der Waals surface area contributed by atoms with Gasteiger partial charge in [-0.05, 0) is 62.1 Å². The summed E-state index contributed by atoms with van der Waals surface area (Å²) in [5, 5.41) is 3.96. The van der Waals surface area contributed by atoms with Gasteiger partial charge in [-0.1, -0.05) is 18.2 Å². The van der Waals surface area contributed by atoms with Crippen molar-refractivity contribution < 1.29 is 14.0 Å². The van der Waals surface area contributed by atoms with Crippen LogP contribution in [0.3, 0.4) is 0 Å². The minimum absolute atomic E-state index is 0.0253. The van der Waals surface area contributed by atoms with Gasteiger partial charge in [0.25, 0.3) is 0 Å². The van der Waals surface area contributed by atoms with Crippen LogP contribution in [0.4, 0.5) is 5.82 Å². The summed E-state index contributed by atoms with van der Waals surface area (Å²) in [6.45, 7) is 2.88. The number of hydrogen-bond donors (Lipinski definition) is 2. The molecule has 166 valence electrons. The van der Waals surface area contributed by atoms with Crippen molar-refractivity contribution >= 4 is 34.7 Å². The van der Waals surface area contributed by atoms with Crippen molar-refractivity contribution in [2.24, 2.45) is 11.7 Å². The van der Waals surface area contributed by atoms with Gasteiger partial charge in [0, 0.05) is 36.2 Å². The third kappa shape index (κ3) is 4.57. The third-order valence-electron chi connectivity index (χ3n) is 6.00. The summed E-state index contributed by atoms with van der Waals surface area (Å²) >= 11 is 0. The van der Waals surface area contributed by atoms with E-state index < -0.39 is 0 Å². The average molecular weight is 433 g/mol. The Morgan fingerprint density at radius 1 is 1.38 bits per heavy atom. The number of hydrogen-bond acceptors (Lipinski definition) is 5. The van der Waals surface area contributed by atoms with Crippen molar-refractivity contribution in [1.82, 2.24) is 9.88 Å². The van der Waals surface area contributed by atoms with Gasteiger partial charge in [0.05, 0.1) is 6.54 Å². The quantitative estimate of drug-likeness (QED) is 0.579. The molecule has 3 heterocycles. The lowest BCUT2D eigenvalue weighted by Gasteiger charge is -2.14. The number of carbonyl (C=O) groups excluding carboxylic acids is 2. The Bertz CT molecular complexity index is 1180. The van der Waals surface area contributed by atoms with Crippen LogP contribution in [0.15, 0.2) is 47.0 Å². The highest BCUT2D eigenvalue weighted by Gasteiger charge is 2.23. The Labute approximate surface area is 187 Å². The molecule has 0 fully saturated rings. The zero-order chi connectivity index (χ0) is 22.7. The van der Waals surface area contributed by atoms with E-state index in [-0.39, 0.29) is 17.7 Å². The molecule has 0 bridgehead atoms. The number of anilines is 1. The molecule has 3 N–H and O–H groups in total. The van der Waals surface area contributed by atoms with Crippen LogP contribution < -0.4 is 11.1 Å². The van der Waals surface area contributed by atoms with Gasteiger partial charge in [-0.3, -0.25) is 9.59 Å². The second-order valence-electron chi connectivity index (χ2n) is 8.25. The van der Waals surface area contributed by atoms with E-state index in [2.05, 4.69) is 10.3 Å². The zero-order valence-electron chi connectivity index (χ0n) is 18.4. The minimum atomic E-state index is -0.129. The molecule has 0 saturated heterocycles. The Balaban J connectivity index is 1.43. The number of fused-ring (bicyclic) bond motifs is 2. The zero-order valence-corrected chi connectivity index (χ0v) is 18.4. The van der Waals surface area contributed by atoms with Crippen LogP contribution in [-0.4, -0.2) is 35.3 Å². The average Bonchev–Trinajstić information content (AvgIpc) is 3.01. The molecule has 0 saturated carbocycles. The number of likely N-dealkylation sites (N-methyl/N-ethyl adjacent to an activating group) is 1. The molecule has 32 heavy (non-hydrogen) atoms. The monoisotopic (exact) mass is 432 g/mol. The third-order valence-corrected chi connectivity index (χ3v) is 6.00. The number of aryl methyl sites for hydroxylation is 2. The molecule has 2 aromatic heterocycles. The van der Waals surface area contributed by atoms with E-state index >= 15 is 0 Å². The van der Waals surface area contributed by atoms with Crippen molar-refractivity contribution in [2.75, 3.05) is 18.9 Å². The molecule has 1 aliphatic heterocycles. The first kappa shape index (κ1) is 21.8. The van der Waals surface area contributed by atoms with E-state index in [1.807, 2.05) is 37.3 Å². The first-order valence-corrected chi connectivity index (χ1v) is 10.9. The first-order chi connectivity index (χ1) is 15.5. The number of furan rings is 1. The molecule has 0 aliphatic carbocycles. The maximum atomic E-state index is 12.7. The van der Waals surface area contributed by atoms with E-state index in [0.29, 0.717) is 25.3 Å². The molecule has 7 heteroatoms. The number of nitrogens with two attached hydrogens (primary N) is 1. The van der Waals surface area contributed by atoms with Crippen molar-refractivity contribution in [2.45, 2.75) is 32.7 Å². The Hall–Kier alpha value is -3.45. The molecule has 2 amide bonds. The van der Waals surface area contributed by atoms with Crippen LogP contribution in [0, 0.1) is 12.8 Å². The van der Waals surface area contributed by atoms with Gasteiger partial charge in [0.15, 0.2) is 0 Å². The van der Waals surface area contributed by atoms with Crippen LogP contribution in [0.2, 0.25) is 0 Å². The predicted octanol–water partition coefficient (Wildman–Crippen LogP) is 3.66. The minimum Gasteiger partial charge on any atom is -0.459 e. The molecule has 0 radical (unpaired) electrons. The fourth-order valence-corrected chi connectivity index (χ4v) is 4.04. The highest BCUT2D eigenvalue weighted by Crippen LogP contribution is 2.27. The molecule has 3 aromatic rings. The lowest BCUT2D eigenvalue weighted by molar-refractivity contribution is -0.125. The van der Waals surface area contributed by atoms with Crippen LogP contribution in [0.1, 0.15) is 35.3 Å². The van der Waals surface area contributed by atoms with Gasteiger partial charge in [0.2, 0.25) is 11.8 Å². The van der Waals surface area contributed by atoms with Gasteiger partial charge in [-0.2, -0.15) is 0 Å². The van der Waals surface area contributed by atoms with Gasteiger partial charge in [-0.25, -0.2) is 4.98 Å². The topological polar surface area (TPSA) is 101 Å². The van der Waals surface area contributed by atoms with Gasteiger partial charge in [-0.15, -0.1) is 0 Å². The largest absolute Gasteiger partial charge is 0.459 e. The maximum absolute atomic E-state index is 12.7. The maximum Gasteiger partial charge on any atom is 0.246 e. The lowest BCUT2D eigenvalue weighted by Crippen LogP contribution is -2.24. The Morgan fingerprint density at radius 2 is 2.19 bits per heavy atom. The fraction of sp³-hybridized carbons (Fsp3) is 0.320. The molecular weight excluding hydrogens is 404 g/mol. The molecule has 0 spiro atoms. The van der Waals surface area contributed by atoms with Crippen molar-refractivity contribution in [3.8, 4) is 0 Å². The summed E-state index contributed by atoms with van der Waals surface area (Å²) in [6, 6.07) is 9.83. The van der Waals surface area contributed by atoms with Crippen molar-refractivity contribution in [3.05, 3.63) is 65.1 Å². The lowest BCUT2D eigenvalue weighted by atomic mass is 9.97. The first-order valence-electron chi connectivity index (χ1n) is 10.9. The van der Waals surface area contributed by atoms with Gasteiger partial charge < -0.3 is 20.4 Å². The van der Waals surface area contributed by atoms with Crippen molar-refractivity contribution in [1.29, 1.82) is 0 Å². The highest BCUT2D eigenvalue weighted by molar-refractivity contribution is 5.94. The van der Waals surface area contributed by atoms with Gasteiger partial charge >= 0.3 is 0 Å². The summed E-state index contributed by atoms with van der Waals surface area (Å²) in [5.41, 5.74) is 9.29. The number of nitrogens with one attached hydrogen (secondary N) is 1. The van der Waals surface area contributed by atoms with E-state index in [1.54, 1.807) is 24.2 Å². The molecule has 1 aliphatic rings. The summed E-state index contributed by atoms with van der Waals surface area (Å²) in [4.78, 5) is 31.0. The standard InChI is InChI=1S/C25H28N4O3/c1-16-20-5-3-4-6-21(20)32-22(16)15-29(2)23(30)10-7-17-13-19-9-8-18(11-12-26)25(31)28-24(19)27-14-17/h3-7,10,13-14,18H,8-9,11-12,15,26H2,1-2H3,(H,27,28,31)/b10-7+. The molecule has 1 atom stereocenters. The predicted molar refractivity (Wildman–Crippen MR) is 125 cm³/mol. The SMILES string of the molecule is Cc1c(CN(C)C(=O)/C=C/c2cnc3c(c2)CCC(CCN)C(=O)N3)oc2ccccc12. The smallest absolute Gasteiger partial charge is 0.246 e. The number of amides is 2. The van der Waals surface area contributed by atoms with Crippen LogP contribution in [0.5, 0.6) is 0 Å².